The van der Waals surface area contributed by atoms with Crippen LogP contribution >= 0.6 is 7.82 Å². The van der Waals surface area contributed by atoms with Gasteiger partial charge in [-0.2, -0.15) is 0 Å². The molecule has 0 radical (unpaired) electrons. The number of phosphoric acid groups is 1. The van der Waals surface area contributed by atoms with Crippen LogP contribution in [0.5, 0.6) is 0 Å². The molecule has 0 aliphatic rings. The first-order chi connectivity index (χ1) is 6.77. The van der Waals surface area contributed by atoms with E-state index in [-0.39, 0.29) is 19.8 Å². The summed E-state index contributed by atoms with van der Waals surface area (Å²) in [6.07, 6.45) is 0. The Balaban J connectivity index is 3.69. The first kappa shape index (κ1) is 15.0. The summed E-state index contributed by atoms with van der Waals surface area (Å²) >= 11 is 0. The normalized spacial score (nSPS) is 16.3. The van der Waals surface area contributed by atoms with E-state index < -0.39 is 7.82 Å². The molecule has 0 aliphatic carbocycles. The lowest BCUT2D eigenvalue weighted by atomic mass is 10.5. The van der Waals surface area contributed by atoms with Crippen LogP contribution in [0, 0.1) is 0 Å². The predicted octanol–water partition coefficient (Wildman–Crippen LogP) is -0.159. The van der Waals surface area contributed by atoms with Gasteiger partial charge >= 0.3 is 0 Å². The summed E-state index contributed by atoms with van der Waals surface area (Å²) in [7, 11) is 3.17. The molecule has 1 unspecified atom stereocenters. The predicted molar refractivity (Wildman–Crippen MR) is 54.3 cm³/mol. The number of methoxy groups -OCH3 is 1. The highest BCUT2D eigenvalue weighted by atomic mass is 31.2. The second-order valence-electron chi connectivity index (χ2n) is 4.12. The van der Waals surface area contributed by atoms with E-state index in [2.05, 4.69) is 13.8 Å². The Hall–Kier alpha value is 0.0300. The van der Waals surface area contributed by atoms with E-state index in [0.717, 1.165) is 0 Å². The van der Waals surface area contributed by atoms with Gasteiger partial charge in [-0.1, -0.05) is 0 Å². The Morgan fingerprint density at radius 2 is 1.67 bits per heavy atom. The highest BCUT2D eigenvalue weighted by Gasteiger charge is 2.12. The molecule has 0 rings (SSSR count). The van der Waals surface area contributed by atoms with Crippen molar-refractivity contribution in [3.63, 3.8) is 0 Å². The maximum atomic E-state index is 11.1. The molecule has 0 spiro atoms. The summed E-state index contributed by atoms with van der Waals surface area (Å²) in [6, 6.07) is 0. The van der Waals surface area contributed by atoms with Crippen molar-refractivity contribution in [1.82, 2.24) is 0 Å². The summed E-state index contributed by atoms with van der Waals surface area (Å²) in [5.41, 5.74) is 0. The van der Waals surface area contributed by atoms with E-state index >= 15 is 0 Å². The number of ether oxygens (including phenoxy) is 1. The standard InChI is InChI=1S/C8H20NO5P/c1-9(2,3)5-6-13-15(10,11)14-8-7-12-4/h5-8H2,1-4H3. The number of nitrogens with zero attached hydrogens (tertiary/aromatic N) is 1. The van der Waals surface area contributed by atoms with Crippen LogP contribution in [0.4, 0.5) is 0 Å². The molecule has 7 heteroatoms. The maximum Gasteiger partial charge on any atom is 0.268 e. The smallest absolute Gasteiger partial charge is 0.268 e. The molecule has 0 aromatic rings. The molecule has 0 saturated carbocycles. The number of likely N-dealkylation sites (N-methyl/N-ethyl adjacent to an activating group) is 1. The van der Waals surface area contributed by atoms with Crippen molar-refractivity contribution in [2.24, 2.45) is 0 Å². The lowest BCUT2D eigenvalue weighted by molar-refractivity contribution is -0.870. The van der Waals surface area contributed by atoms with Crippen molar-refractivity contribution < 1.29 is 27.7 Å². The van der Waals surface area contributed by atoms with Crippen LogP contribution in [0.1, 0.15) is 0 Å². The Morgan fingerprint density at radius 1 is 1.13 bits per heavy atom. The van der Waals surface area contributed by atoms with E-state index in [0.29, 0.717) is 11.0 Å². The van der Waals surface area contributed by atoms with E-state index in [4.69, 9.17) is 0 Å². The quantitative estimate of drug-likeness (QED) is 0.335. The van der Waals surface area contributed by atoms with Crippen molar-refractivity contribution in [1.29, 1.82) is 0 Å². The summed E-state index contributed by atoms with van der Waals surface area (Å²) < 4.78 is 25.6. The Bertz CT molecular complexity index is 216. The van der Waals surface area contributed by atoms with E-state index in [1.54, 1.807) is 0 Å². The van der Waals surface area contributed by atoms with E-state index in [1.807, 2.05) is 21.1 Å². The molecule has 0 aromatic carbocycles. The lowest BCUT2D eigenvalue weighted by Gasteiger charge is -2.27. The molecular weight excluding hydrogens is 221 g/mol. The molecule has 0 bridgehead atoms. The van der Waals surface area contributed by atoms with E-state index in [1.165, 1.54) is 7.11 Å². The number of quaternary nitrogens is 1. The number of hydrogen-bond donors (Lipinski definition) is 0. The minimum Gasteiger partial charge on any atom is -0.756 e. The summed E-state index contributed by atoms with van der Waals surface area (Å²) in [6.45, 7) is 0.934. The van der Waals surface area contributed by atoms with Crippen LogP contribution in [0.2, 0.25) is 0 Å². The van der Waals surface area contributed by atoms with Crippen molar-refractivity contribution in [3.8, 4) is 0 Å². The first-order valence-corrected chi connectivity index (χ1v) is 6.12. The monoisotopic (exact) mass is 241 g/mol. The van der Waals surface area contributed by atoms with Crippen LogP contribution in [-0.2, 0) is 18.3 Å². The largest absolute Gasteiger partial charge is 0.756 e. The van der Waals surface area contributed by atoms with Crippen LogP contribution < -0.4 is 4.89 Å². The zero-order valence-electron chi connectivity index (χ0n) is 9.76. The van der Waals surface area contributed by atoms with Gasteiger partial charge in [0.2, 0.25) is 0 Å². The fraction of sp³-hybridized carbons (Fsp3) is 1.00. The van der Waals surface area contributed by atoms with Gasteiger partial charge in [-0.3, -0.25) is 4.57 Å². The molecule has 92 valence electrons. The molecule has 15 heavy (non-hydrogen) atoms. The highest BCUT2D eigenvalue weighted by molar-refractivity contribution is 7.45. The van der Waals surface area contributed by atoms with Gasteiger partial charge in [0.1, 0.15) is 13.2 Å². The fourth-order valence-electron chi connectivity index (χ4n) is 0.696. The van der Waals surface area contributed by atoms with Gasteiger partial charge in [-0.05, 0) is 0 Å². The van der Waals surface area contributed by atoms with Crippen LogP contribution in [-0.4, -0.2) is 59.1 Å². The fourth-order valence-corrected chi connectivity index (χ4v) is 1.37. The van der Waals surface area contributed by atoms with Crippen LogP contribution in [0.15, 0.2) is 0 Å². The van der Waals surface area contributed by atoms with Gasteiger partial charge in [0.15, 0.2) is 0 Å². The molecule has 0 amide bonds. The first-order valence-electron chi connectivity index (χ1n) is 4.66. The summed E-state index contributed by atoms with van der Waals surface area (Å²) in [5, 5.41) is 0. The third-order valence-electron chi connectivity index (χ3n) is 1.55. The van der Waals surface area contributed by atoms with Gasteiger partial charge in [0, 0.05) is 7.11 Å². The lowest BCUT2D eigenvalue weighted by Crippen LogP contribution is -2.37. The van der Waals surface area contributed by atoms with E-state index in [9.17, 15) is 9.46 Å². The number of rotatable bonds is 8. The van der Waals surface area contributed by atoms with Gasteiger partial charge in [-0.25, -0.2) is 0 Å². The minimum atomic E-state index is -4.15. The second-order valence-corrected chi connectivity index (χ2v) is 5.53. The third kappa shape index (κ3) is 10.3. The highest BCUT2D eigenvalue weighted by Crippen LogP contribution is 2.37. The molecule has 6 nitrogen and oxygen atoms in total. The Labute approximate surface area is 90.9 Å². The molecule has 0 aromatic heterocycles. The molecule has 0 aliphatic heterocycles. The van der Waals surface area contributed by atoms with Crippen molar-refractivity contribution in [2.75, 3.05) is 54.6 Å². The summed E-state index contributed by atoms with van der Waals surface area (Å²) in [5.74, 6) is 0. The molecule has 1 atom stereocenters. The molecule has 0 heterocycles. The zero-order chi connectivity index (χ0) is 11.9. The molecule has 0 fully saturated rings. The van der Waals surface area contributed by atoms with Gasteiger partial charge in [0.05, 0.1) is 34.4 Å². The van der Waals surface area contributed by atoms with Crippen molar-refractivity contribution >= 4 is 7.82 Å². The molecule has 0 saturated heterocycles. The topological polar surface area (TPSA) is 67.8 Å². The Morgan fingerprint density at radius 3 is 2.13 bits per heavy atom. The minimum absolute atomic E-state index is 0.0122. The second kappa shape index (κ2) is 6.58. The average molecular weight is 241 g/mol. The maximum absolute atomic E-state index is 11.1. The SMILES string of the molecule is COCCOP(=O)([O-])OCC[N+](C)(C)C. The Kier molecular flexibility index (Phi) is 6.59. The van der Waals surface area contributed by atoms with Crippen LogP contribution in [0.3, 0.4) is 0 Å². The number of phosphoric ester groups is 1. The third-order valence-corrected chi connectivity index (χ3v) is 2.55. The summed E-state index contributed by atoms with van der Waals surface area (Å²) in [4.78, 5) is 11.1. The van der Waals surface area contributed by atoms with Crippen molar-refractivity contribution in [3.05, 3.63) is 0 Å². The molecular formula is C8H20NO5P. The average Bonchev–Trinajstić information content (AvgIpc) is 2.01. The van der Waals surface area contributed by atoms with Gasteiger partial charge < -0.3 is 23.2 Å². The molecule has 0 N–H and O–H groups in total. The van der Waals surface area contributed by atoms with Gasteiger partial charge in [-0.15, -0.1) is 0 Å². The zero-order valence-corrected chi connectivity index (χ0v) is 10.7. The number of hydrogen-bond acceptors (Lipinski definition) is 5. The van der Waals surface area contributed by atoms with Crippen LogP contribution in [0.25, 0.3) is 0 Å². The van der Waals surface area contributed by atoms with Crippen molar-refractivity contribution in [2.45, 2.75) is 0 Å². The van der Waals surface area contributed by atoms with Gasteiger partial charge in [0.25, 0.3) is 7.82 Å².